The largest absolute Gasteiger partial charge is 0.455 e. The summed E-state index contributed by atoms with van der Waals surface area (Å²) in [5.41, 5.74) is 5.71. The summed E-state index contributed by atoms with van der Waals surface area (Å²) in [5.74, 6) is 0. The Kier molecular flexibility index (Phi) is 6.38. The lowest BCUT2D eigenvalue weighted by Gasteiger charge is -2.26. The Morgan fingerprint density at radius 3 is 1.60 bits per heavy atom. The molecule has 0 saturated carbocycles. The number of anilines is 3. The molecule has 2 nitrogen and oxygen atoms in total. The van der Waals surface area contributed by atoms with Crippen LogP contribution in [-0.2, 0) is 0 Å². The van der Waals surface area contributed by atoms with Crippen molar-refractivity contribution >= 4 is 60.5 Å². The molecule has 58 heavy (non-hydrogen) atoms. The molecule has 2 heteroatoms. The van der Waals surface area contributed by atoms with Crippen molar-refractivity contribution in [3.8, 4) is 44.5 Å². The zero-order chi connectivity index (χ0) is 45.4. The summed E-state index contributed by atoms with van der Waals surface area (Å²) in [4.78, 5) is 1.37. The first-order valence-electron chi connectivity index (χ1n) is 23.2. The molecule has 0 unspecified atom stereocenters. The van der Waals surface area contributed by atoms with Gasteiger partial charge < -0.3 is 9.32 Å². The van der Waals surface area contributed by atoms with Crippen molar-refractivity contribution in [3.63, 3.8) is 0 Å². The molecule has 11 aromatic rings. The van der Waals surface area contributed by atoms with Crippen LogP contribution in [0.25, 0.3) is 88.0 Å². The van der Waals surface area contributed by atoms with E-state index < -0.39 is 24.2 Å². The van der Waals surface area contributed by atoms with Gasteiger partial charge in [-0.25, -0.2) is 0 Å². The highest BCUT2D eigenvalue weighted by Crippen LogP contribution is 2.45. The van der Waals surface area contributed by atoms with E-state index in [9.17, 15) is 11.0 Å². The predicted octanol–water partition coefficient (Wildman–Crippen LogP) is 16.0. The summed E-state index contributed by atoms with van der Waals surface area (Å²) in [5, 5.41) is 5.19. The molecule has 0 aliphatic heterocycles. The van der Waals surface area contributed by atoms with Gasteiger partial charge in [0.05, 0.1) is 22.0 Å². The average molecular weight is 748 g/mol. The Labute approximate surface area is 348 Å². The highest BCUT2D eigenvalue weighted by Gasteiger charge is 2.20. The van der Waals surface area contributed by atoms with E-state index in [1.807, 2.05) is 133 Å². The number of hydrogen-bond donors (Lipinski definition) is 0. The predicted molar refractivity (Wildman–Crippen MR) is 245 cm³/mol. The second-order valence-electron chi connectivity index (χ2n) is 14.3. The highest BCUT2D eigenvalue weighted by molar-refractivity contribution is 6.19. The minimum absolute atomic E-state index is 0.0867. The lowest BCUT2D eigenvalue weighted by molar-refractivity contribution is 0.672. The van der Waals surface area contributed by atoms with E-state index in [4.69, 9.17) is 4.42 Å². The Morgan fingerprint density at radius 1 is 0.345 bits per heavy atom. The third-order valence-corrected chi connectivity index (χ3v) is 10.8. The minimum atomic E-state index is -0.421. The molecule has 0 bridgehead atoms. The SMILES string of the molecule is [2H]c1c([2H])c(N(c2c([2H])c([2H])c(-c3cccc(-c4ccc5ccccc5c4)c3)c([2H])c2[2H])c2cccc3oc4c5ccccc5ccc4c23)c([2H])c([2H])c1-c1ccc(-c2ccccc2)cc1. The maximum absolute atomic E-state index is 9.75. The molecule has 0 aliphatic rings. The molecule has 10 aromatic carbocycles. The van der Waals surface area contributed by atoms with Crippen molar-refractivity contribution in [2.45, 2.75) is 0 Å². The summed E-state index contributed by atoms with van der Waals surface area (Å²) in [6, 6.07) is 52.7. The molecule has 0 fully saturated rings. The van der Waals surface area contributed by atoms with Gasteiger partial charge >= 0.3 is 0 Å². The summed E-state index contributed by atoms with van der Waals surface area (Å²) < 4.78 is 83.5. The van der Waals surface area contributed by atoms with Crippen molar-refractivity contribution in [1.29, 1.82) is 0 Å². The molecule has 0 radical (unpaired) electrons. The summed E-state index contributed by atoms with van der Waals surface area (Å²) >= 11 is 0. The van der Waals surface area contributed by atoms with Crippen LogP contribution in [0.15, 0.2) is 229 Å². The zero-order valence-electron chi connectivity index (χ0n) is 39.1. The van der Waals surface area contributed by atoms with Crippen LogP contribution in [0.4, 0.5) is 17.1 Å². The Hall–Kier alpha value is -7.68. The molecule has 0 spiro atoms. The number of furan rings is 1. The van der Waals surface area contributed by atoms with Crippen LogP contribution < -0.4 is 4.90 Å². The van der Waals surface area contributed by atoms with E-state index in [0.717, 1.165) is 43.8 Å². The maximum atomic E-state index is 9.75. The van der Waals surface area contributed by atoms with Gasteiger partial charge in [-0.2, -0.15) is 0 Å². The van der Waals surface area contributed by atoms with Crippen molar-refractivity contribution in [2.75, 3.05) is 4.90 Å². The van der Waals surface area contributed by atoms with Crippen LogP contribution in [0.5, 0.6) is 0 Å². The number of rotatable bonds is 7. The number of hydrogen-bond acceptors (Lipinski definition) is 2. The second kappa shape index (κ2) is 14.1. The van der Waals surface area contributed by atoms with E-state index in [-0.39, 0.29) is 46.7 Å². The van der Waals surface area contributed by atoms with Gasteiger partial charge in [0.1, 0.15) is 11.2 Å². The molecule has 0 N–H and O–H groups in total. The van der Waals surface area contributed by atoms with E-state index in [0.29, 0.717) is 38.8 Å². The third kappa shape index (κ3) is 6.00. The first kappa shape index (κ1) is 26.2. The molecule has 1 heterocycles. The summed E-state index contributed by atoms with van der Waals surface area (Å²) in [6.45, 7) is 0. The number of nitrogens with zero attached hydrogens (tertiary/aromatic N) is 1. The topological polar surface area (TPSA) is 16.4 Å². The first-order chi connectivity index (χ1) is 32.1. The van der Waals surface area contributed by atoms with E-state index >= 15 is 0 Å². The molecule has 0 saturated heterocycles. The van der Waals surface area contributed by atoms with Crippen LogP contribution in [0.2, 0.25) is 0 Å². The van der Waals surface area contributed by atoms with Crippen LogP contribution in [0.3, 0.4) is 0 Å². The molecule has 0 atom stereocenters. The van der Waals surface area contributed by atoms with Crippen molar-refractivity contribution in [2.24, 2.45) is 0 Å². The minimum Gasteiger partial charge on any atom is -0.455 e. The lowest BCUT2D eigenvalue weighted by Crippen LogP contribution is -2.10. The van der Waals surface area contributed by atoms with Gasteiger partial charge in [0.15, 0.2) is 0 Å². The first-order valence-corrected chi connectivity index (χ1v) is 19.2. The summed E-state index contributed by atoms with van der Waals surface area (Å²) in [7, 11) is 0. The van der Waals surface area contributed by atoms with Gasteiger partial charge in [0.25, 0.3) is 0 Å². The van der Waals surface area contributed by atoms with Crippen LogP contribution in [-0.4, -0.2) is 0 Å². The lowest BCUT2D eigenvalue weighted by atomic mass is 9.97. The fraction of sp³-hybridized carbons (Fsp3) is 0. The molecular formula is C56H37NO. The number of benzene rings is 10. The molecule has 11 rings (SSSR count). The third-order valence-electron chi connectivity index (χ3n) is 10.8. The van der Waals surface area contributed by atoms with Crippen molar-refractivity contribution in [3.05, 3.63) is 224 Å². The van der Waals surface area contributed by atoms with Gasteiger partial charge in [-0.3, -0.25) is 0 Å². The quantitative estimate of drug-likeness (QED) is 0.161. The fourth-order valence-corrected chi connectivity index (χ4v) is 7.88. The van der Waals surface area contributed by atoms with Gasteiger partial charge in [-0.05, 0) is 115 Å². The molecule has 272 valence electrons. The van der Waals surface area contributed by atoms with Crippen LogP contribution >= 0.6 is 0 Å². The van der Waals surface area contributed by atoms with E-state index in [1.165, 1.54) is 4.90 Å². The van der Waals surface area contributed by atoms with Gasteiger partial charge in [0, 0.05) is 22.1 Å². The maximum Gasteiger partial charge on any atom is 0.143 e. The molecule has 0 amide bonds. The van der Waals surface area contributed by atoms with Crippen molar-refractivity contribution in [1.82, 2.24) is 0 Å². The molecule has 0 aliphatic carbocycles. The smallest absolute Gasteiger partial charge is 0.143 e. The van der Waals surface area contributed by atoms with Gasteiger partial charge in [-0.1, -0.05) is 170 Å². The highest BCUT2D eigenvalue weighted by atomic mass is 16.3. The van der Waals surface area contributed by atoms with E-state index in [2.05, 4.69) is 6.07 Å². The van der Waals surface area contributed by atoms with Gasteiger partial charge in [-0.15, -0.1) is 0 Å². The standard InChI is InChI=1S/C56H37NO/c1-2-10-38(11-3-1)40-20-22-41(23-21-40)42-26-31-49(32-27-42)57(53-18-9-19-54-55(53)52-35-30-44-13-6-7-17-51(44)56(52)58-54)50-33-28-43(29-34-50)46-15-8-16-47(36-46)48-25-24-39-12-4-5-14-45(39)37-48/h1-37H/i26D,27D,28D,29D,31D,32D,33D,34D. The fourth-order valence-electron chi connectivity index (χ4n) is 7.88. The summed E-state index contributed by atoms with van der Waals surface area (Å²) in [6.07, 6.45) is 0. The zero-order valence-corrected chi connectivity index (χ0v) is 31.1. The monoisotopic (exact) mass is 747 g/mol. The Morgan fingerprint density at radius 2 is 0.862 bits per heavy atom. The van der Waals surface area contributed by atoms with E-state index in [1.54, 1.807) is 36.4 Å². The van der Waals surface area contributed by atoms with Gasteiger partial charge in [0.2, 0.25) is 0 Å². The molecular weight excluding hydrogens is 703 g/mol. The van der Waals surface area contributed by atoms with Crippen molar-refractivity contribution < 1.29 is 15.4 Å². The average Bonchev–Trinajstić information content (AvgIpc) is 3.75. The van der Waals surface area contributed by atoms with Crippen LogP contribution in [0.1, 0.15) is 11.0 Å². The number of fused-ring (bicyclic) bond motifs is 6. The Bertz CT molecular complexity index is 3700. The Balaban J connectivity index is 1.14. The van der Waals surface area contributed by atoms with Crippen LogP contribution in [0, 0.1) is 0 Å². The molecule has 1 aromatic heterocycles. The normalized spacial score (nSPS) is 13.4. The second-order valence-corrected chi connectivity index (χ2v) is 14.3.